The average Bonchev–Trinajstić information content (AvgIpc) is 3.55. The number of hydrogen-bond acceptors (Lipinski definition) is 20. The summed E-state index contributed by atoms with van der Waals surface area (Å²) in [4.78, 5) is 13.1. The molecular formula is C26H39IO20. The summed E-state index contributed by atoms with van der Waals surface area (Å²) in [5, 5.41) is 105. The number of Topliss-reactive ketones (excluding diaryl/α,β-unsaturated/α-hetero) is 1. The molecule has 0 aromatic rings. The second-order valence-electron chi connectivity index (χ2n) is 12.2. The van der Waals surface area contributed by atoms with Gasteiger partial charge in [-0.1, -0.05) is 22.6 Å². The lowest BCUT2D eigenvalue weighted by Gasteiger charge is -2.50. The van der Waals surface area contributed by atoms with Crippen LogP contribution in [0.1, 0.15) is 0 Å². The predicted molar refractivity (Wildman–Crippen MR) is 150 cm³/mol. The minimum absolute atomic E-state index is 0.0423. The zero-order valence-electron chi connectivity index (χ0n) is 24.4. The lowest BCUT2D eigenvalue weighted by Crippen LogP contribution is -2.72. The normalized spacial score (nSPS) is 54.5. The van der Waals surface area contributed by atoms with Crippen molar-refractivity contribution >= 4 is 28.4 Å². The van der Waals surface area contributed by atoms with Crippen LogP contribution in [0, 0.1) is 0 Å². The third kappa shape index (κ3) is 6.28. The number of ketones is 1. The molecule has 0 aliphatic carbocycles. The number of halogens is 1. The fourth-order valence-corrected chi connectivity index (χ4v) is 7.28. The lowest BCUT2D eigenvalue weighted by atomic mass is 9.89. The van der Waals surface area contributed by atoms with Crippen LogP contribution in [0.15, 0.2) is 0 Å². The number of ether oxygens (including phenoxy) is 9. The fraction of sp³-hybridized carbons (Fsp3) is 0.962. The van der Waals surface area contributed by atoms with Gasteiger partial charge in [-0.25, -0.2) is 0 Å². The summed E-state index contributed by atoms with van der Waals surface area (Å²) in [6.45, 7) is -1.86. The second-order valence-corrected chi connectivity index (χ2v) is 12.9. The Hall–Kier alpha value is -0.360. The molecule has 0 saturated carbocycles. The predicted octanol–water partition coefficient (Wildman–Crippen LogP) is -7.28. The van der Waals surface area contributed by atoms with Gasteiger partial charge in [-0.3, -0.25) is 4.79 Å². The van der Waals surface area contributed by atoms with Crippen molar-refractivity contribution in [2.24, 2.45) is 0 Å². The van der Waals surface area contributed by atoms with Crippen LogP contribution in [0.5, 0.6) is 0 Å². The van der Waals surface area contributed by atoms with Gasteiger partial charge in [-0.15, -0.1) is 0 Å². The highest BCUT2D eigenvalue weighted by Gasteiger charge is 2.64. The second kappa shape index (κ2) is 14.3. The number of aliphatic hydroxyl groups is 10. The van der Waals surface area contributed by atoms with Crippen molar-refractivity contribution < 1.29 is 98.5 Å². The van der Waals surface area contributed by atoms with Gasteiger partial charge in [0.2, 0.25) is 5.78 Å². The summed E-state index contributed by atoms with van der Waals surface area (Å²) in [6.07, 6.45) is -28.4. The van der Waals surface area contributed by atoms with Gasteiger partial charge in [0.25, 0.3) is 5.79 Å². The molecule has 20 atom stereocenters. The molecule has 6 fully saturated rings. The van der Waals surface area contributed by atoms with E-state index in [1.807, 2.05) is 0 Å². The number of rotatable bonds is 10. The van der Waals surface area contributed by atoms with E-state index in [1.165, 1.54) is 0 Å². The Bertz CT molecular complexity index is 1100. The van der Waals surface area contributed by atoms with E-state index in [-0.39, 0.29) is 17.6 Å². The molecule has 4 bridgehead atoms. The number of fused-ring (bicyclic) bond motifs is 4. The molecule has 0 unspecified atom stereocenters. The Kier molecular flexibility index (Phi) is 11.1. The van der Waals surface area contributed by atoms with Gasteiger partial charge >= 0.3 is 0 Å². The Morgan fingerprint density at radius 1 is 0.681 bits per heavy atom. The quantitative estimate of drug-likeness (QED) is 0.0725. The smallest absolute Gasteiger partial charge is 0.260 e. The summed E-state index contributed by atoms with van der Waals surface area (Å²) < 4.78 is 50.7. The van der Waals surface area contributed by atoms with E-state index in [0.29, 0.717) is 0 Å². The first-order valence-corrected chi connectivity index (χ1v) is 16.5. The van der Waals surface area contributed by atoms with Crippen molar-refractivity contribution in [3.8, 4) is 0 Å². The zero-order valence-corrected chi connectivity index (χ0v) is 26.6. The Morgan fingerprint density at radius 3 is 1.91 bits per heavy atom. The molecule has 0 aromatic heterocycles. The first kappa shape index (κ1) is 36.4. The average molecular weight is 798 g/mol. The molecular weight excluding hydrogens is 759 g/mol. The molecule has 6 aliphatic rings. The third-order valence-electron chi connectivity index (χ3n) is 9.33. The van der Waals surface area contributed by atoms with Crippen LogP contribution in [0.4, 0.5) is 0 Å². The Labute approximate surface area is 279 Å². The monoisotopic (exact) mass is 798 g/mol. The summed E-state index contributed by atoms with van der Waals surface area (Å²) in [7, 11) is 0. The van der Waals surface area contributed by atoms with Gasteiger partial charge < -0.3 is 93.7 Å². The topological polar surface area (TPSA) is 302 Å². The van der Waals surface area contributed by atoms with Gasteiger partial charge in [0.1, 0.15) is 97.7 Å². The first-order valence-electron chi connectivity index (χ1n) is 15.0. The molecule has 6 saturated heterocycles. The largest absolute Gasteiger partial charge is 0.394 e. The van der Waals surface area contributed by atoms with E-state index in [1.54, 1.807) is 22.6 Å². The number of aliphatic hydroxyl groups excluding tert-OH is 10. The molecule has 6 aliphatic heterocycles. The number of alkyl halides is 1. The van der Waals surface area contributed by atoms with Gasteiger partial charge in [-0.2, -0.15) is 0 Å². The highest BCUT2D eigenvalue weighted by atomic mass is 127. The third-order valence-corrected chi connectivity index (χ3v) is 10.0. The molecule has 10 N–H and O–H groups in total. The van der Waals surface area contributed by atoms with Crippen molar-refractivity contribution in [1.29, 1.82) is 0 Å². The summed E-state index contributed by atoms with van der Waals surface area (Å²) >= 11 is 1.68. The Balaban J connectivity index is 1.17. The van der Waals surface area contributed by atoms with E-state index >= 15 is 0 Å². The molecule has 0 amide bonds. The van der Waals surface area contributed by atoms with Gasteiger partial charge in [0.15, 0.2) is 18.9 Å². The number of carbonyl (C=O) groups excluding carboxylic acids is 1. The van der Waals surface area contributed by atoms with Gasteiger partial charge in [0, 0.05) is 0 Å². The number of carbonyl (C=O) groups is 1. The van der Waals surface area contributed by atoms with E-state index in [4.69, 9.17) is 42.6 Å². The van der Waals surface area contributed by atoms with Crippen LogP contribution >= 0.6 is 22.6 Å². The van der Waals surface area contributed by atoms with Crippen molar-refractivity contribution in [3.05, 3.63) is 0 Å². The van der Waals surface area contributed by atoms with Crippen LogP contribution in [0.2, 0.25) is 0 Å². The maximum atomic E-state index is 13.1. The molecule has 0 radical (unpaired) electrons. The van der Waals surface area contributed by atoms with Crippen LogP contribution in [-0.2, 0) is 47.4 Å². The Morgan fingerprint density at radius 2 is 1.28 bits per heavy atom. The fourth-order valence-electron chi connectivity index (χ4n) is 6.75. The maximum Gasteiger partial charge on any atom is 0.260 e. The van der Waals surface area contributed by atoms with Crippen LogP contribution in [0.3, 0.4) is 0 Å². The maximum absolute atomic E-state index is 13.1. The van der Waals surface area contributed by atoms with Gasteiger partial charge in [-0.05, 0) is 0 Å². The van der Waals surface area contributed by atoms with Crippen LogP contribution in [0.25, 0.3) is 0 Å². The van der Waals surface area contributed by atoms with Crippen molar-refractivity contribution in [2.75, 3.05) is 30.9 Å². The lowest BCUT2D eigenvalue weighted by molar-refractivity contribution is -0.385. The van der Waals surface area contributed by atoms with Crippen molar-refractivity contribution in [2.45, 2.75) is 122 Å². The summed E-state index contributed by atoms with van der Waals surface area (Å²) in [5.41, 5.74) is 0. The van der Waals surface area contributed by atoms with Crippen molar-refractivity contribution in [1.82, 2.24) is 0 Å². The zero-order chi connectivity index (χ0) is 33.9. The minimum atomic E-state index is -2.60. The molecule has 47 heavy (non-hydrogen) atoms. The van der Waals surface area contributed by atoms with E-state index in [0.717, 1.165) is 0 Å². The molecule has 20 nitrogen and oxygen atoms in total. The van der Waals surface area contributed by atoms with Gasteiger partial charge in [0.05, 0.1) is 30.9 Å². The first-order chi connectivity index (χ1) is 22.4. The van der Waals surface area contributed by atoms with E-state index in [2.05, 4.69) is 0 Å². The van der Waals surface area contributed by atoms with Crippen molar-refractivity contribution in [3.63, 3.8) is 0 Å². The summed E-state index contributed by atoms with van der Waals surface area (Å²) in [6, 6.07) is 0. The molecule has 270 valence electrons. The SMILES string of the molecule is O=C(CI)[C@]1(O[C@@H]2[C@H]3OC[C@@H]2O[C@@H](O[C@@H]2[C@@H](O)[C@H](O[C@@H]4[C@H]5OC[C@@H]4O[C@@H](O)[C@H]5O)O[C@H](CO)[C@H]2O)[C@H]3O)O[C@H](CO)[C@H](O)[C@H](O)[C@H]1O. The highest BCUT2D eigenvalue weighted by Crippen LogP contribution is 2.41. The summed E-state index contributed by atoms with van der Waals surface area (Å²) in [5.74, 6) is -3.46. The van der Waals surface area contributed by atoms with Crippen LogP contribution in [-0.4, -0.2) is 210 Å². The molecule has 6 rings (SSSR count). The molecule has 0 aromatic carbocycles. The standard InChI is InChI=1S/C26H39IO20/c27-1-10(30)26(22(37)13(33)11(31)7(3-29)46-26)47-18-9-5-40-21(18)16(36)25(43-9)45-19-12(32)6(2-28)42-24(15(19)35)44-17-8-4-39-20(17)14(34)23(38)41-8/h6-9,11-25,28-29,31-38H,1-5H2/t6-,7-,8+,9+,11+,12-,13+,14+,15-,16+,17+,18+,19+,20+,21+,22-,23-,24+,25+,26-/m1/s1. The molecule has 0 spiro atoms. The number of hydrogen-bond donors (Lipinski definition) is 10. The van der Waals surface area contributed by atoms with Crippen LogP contribution < -0.4 is 0 Å². The van der Waals surface area contributed by atoms with E-state index < -0.39 is 141 Å². The van der Waals surface area contributed by atoms with E-state index in [9.17, 15) is 55.9 Å². The molecule has 6 heterocycles. The molecule has 21 heteroatoms. The highest BCUT2D eigenvalue weighted by molar-refractivity contribution is 14.1. The minimum Gasteiger partial charge on any atom is -0.394 e.